The van der Waals surface area contributed by atoms with Gasteiger partial charge in [0.1, 0.15) is 6.61 Å². The Morgan fingerprint density at radius 1 is 1.14 bits per heavy atom. The quantitative estimate of drug-likeness (QED) is 0.572. The Kier molecular flexibility index (Phi) is 4.49. The van der Waals surface area contributed by atoms with Crippen molar-refractivity contribution in [2.24, 2.45) is 11.3 Å². The van der Waals surface area contributed by atoms with Crippen LogP contribution in [-0.2, 0) is 25.5 Å². The van der Waals surface area contributed by atoms with Gasteiger partial charge in [0, 0.05) is 13.0 Å². The minimum absolute atomic E-state index is 0.128. The summed E-state index contributed by atoms with van der Waals surface area (Å²) in [6.45, 7) is 3.95. The van der Waals surface area contributed by atoms with Gasteiger partial charge in [-0.3, -0.25) is 25.1 Å². The number of hydrogen-bond acceptors (Lipinski definition) is 9. The van der Waals surface area contributed by atoms with Gasteiger partial charge in [0.25, 0.3) is 0 Å². The molecule has 4 aliphatic heterocycles. The minimum Gasteiger partial charge on any atom is -0.447 e. The average Bonchev–Trinajstić information content (AvgIpc) is 3.48. The first-order chi connectivity index (χ1) is 17.7. The molecule has 4 fully saturated rings. The molecule has 5 aliphatic rings. The van der Waals surface area contributed by atoms with Gasteiger partial charge in [0.15, 0.2) is 17.1 Å². The third-order valence-electron chi connectivity index (χ3n) is 8.25. The van der Waals surface area contributed by atoms with Crippen LogP contribution >= 0.6 is 0 Å². The smallest absolute Gasteiger partial charge is 0.416 e. The number of ether oxygens (including phenoxy) is 2. The van der Waals surface area contributed by atoms with Gasteiger partial charge in [0.2, 0.25) is 17.4 Å². The molecule has 1 aromatic carbocycles. The Hall–Kier alpha value is -3.74. The second-order valence-corrected chi connectivity index (χ2v) is 10.6. The summed E-state index contributed by atoms with van der Waals surface area (Å²) < 4.78 is 32.9. The number of aromatic nitrogens is 1. The average molecular weight is 513 g/mol. The lowest BCUT2D eigenvalue weighted by atomic mass is 9.66. The predicted octanol–water partition coefficient (Wildman–Crippen LogP) is 1.59. The molecule has 5 heterocycles. The van der Waals surface area contributed by atoms with E-state index in [1.54, 1.807) is 17.9 Å². The number of cyclic esters (lactones) is 1. The lowest BCUT2D eigenvalue weighted by Crippen LogP contribution is -2.75. The molecule has 1 spiro atoms. The maximum atomic E-state index is 16.2. The summed E-state index contributed by atoms with van der Waals surface area (Å²) in [7, 11) is 0. The number of imide groups is 2. The molecule has 194 valence electrons. The van der Waals surface area contributed by atoms with Crippen molar-refractivity contribution in [3.63, 3.8) is 0 Å². The van der Waals surface area contributed by atoms with Crippen molar-refractivity contribution in [1.82, 2.24) is 15.8 Å². The SMILES string of the molecule is C[C@@H]1CN2c3c(cc4c(N5C(=O)OCC5C5CC5)noc4c3F)CC3(C(=O)NC(=O)NC3=O)[C@H]2[C@H](C)O1. The molecule has 5 amide bonds. The van der Waals surface area contributed by atoms with Crippen LogP contribution < -0.4 is 20.4 Å². The lowest BCUT2D eigenvalue weighted by Gasteiger charge is -2.55. The van der Waals surface area contributed by atoms with Crippen molar-refractivity contribution in [2.45, 2.75) is 57.4 Å². The van der Waals surface area contributed by atoms with E-state index in [0.717, 1.165) is 12.8 Å². The van der Waals surface area contributed by atoms with Crippen LogP contribution in [0.4, 0.5) is 25.5 Å². The van der Waals surface area contributed by atoms with Crippen LogP contribution in [0.5, 0.6) is 0 Å². The molecule has 7 rings (SSSR count). The Balaban J connectivity index is 1.43. The van der Waals surface area contributed by atoms with Gasteiger partial charge in [-0.15, -0.1) is 0 Å². The molecule has 2 aromatic rings. The van der Waals surface area contributed by atoms with E-state index in [1.807, 2.05) is 6.92 Å². The molecule has 1 aliphatic carbocycles. The van der Waals surface area contributed by atoms with E-state index in [1.165, 1.54) is 4.90 Å². The Morgan fingerprint density at radius 3 is 2.57 bits per heavy atom. The molecule has 12 nitrogen and oxygen atoms in total. The Morgan fingerprint density at radius 2 is 1.86 bits per heavy atom. The predicted molar refractivity (Wildman–Crippen MR) is 123 cm³/mol. The van der Waals surface area contributed by atoms with E-state index in [-0.39, 0.29) is 60.1 Å². The highest BCUT2D eigenvalue weighted by atomic mass is 19.1. The van der Waals surface area contributed by atoms with Crippen LogP contribution in [0.2, 0.25) is 0 Å². The molecule has 0 bridgehead atoms. The van der Waals surface area contributed by atoms with E-state index in [2.05, 4.69) is 15.8 Å². The maximum absolute atomic E-state index is 16.2. The molecule has 2 N–H and O–H groups in total. The van der Waals surface area contributed by atoms with Gasteiger partial charge in [-0.05, 0) is 44.2 Å². The van der Waals surface area contributed by atoms with Gasteiger partial charge in [-0.2, -0.15) is 0 Å². The van der Waals surface area contributed by atoms with Crippen LogP contribution in [0.15, 0.2) is 10.6 Å². The Labute approximate surface area is 209 Å². The van der Waals surface area contributed by atoms with E-state index in [4.69, 9.17) is 14.0 Å². The van der Waals surface area contributed by atoms with Crippen LogP contribution in [0, 0.1) is 17.2 Å². The second-order valence-electron chi connectivity index (χ2n) is 10.6. The summed E-state index contributed by atoms with van der Waals surface area (Å²) in [4.78, 5) is 54.3. The summed E-state index contributed by atoms with van der Waals surface area (Å²) in [6, 6.07) is -0.393. The first-order valence-electron chi connectivity index (χ1n) is 12.4. The summed E-state index contributed by atoms with van der Waals surface area (Å²) in [5.41, 5.74) is -1.33. The molecule has 3 saturated heterocycles. The highest BCUT2D eigenvalue weighted by Gasteiger charge is 2.63. The third kappa shape index (κ3) is 2.94. The number of hydrogen-bond donors (Lipinski definition) is 2. The first-order valence-corrected chi connectivity index (χ1v) is 12.4. The zero-order valence-electron chi connectivity index (χ0n) is 20.1. The van der Waals surface area contributed by atoms with Gasteiger partial charge >= 0.3 is 12.1 Å². The fraction of sp³-hybridized carbons (Fsp3) is 0.542. The second kappa shape index (κ2) is 7.40. The minimum atomic E-state index is -1.75. The van der Waals surface area contributed by atoms with Crippen LogP contribution in [0.1, 0.15) is 32.3 Å². The van der Waals surface area contributed by atoms with Crippen molar-refractivity contribution in [1.29, 1.82) is 0 Å². The number of amides is 5. The number of benzene rings is 1. The molecule has 13 heteroatoms. The molecular weight excluding hydrogens is 489 g/mol. The molecule has 0 radical (unpaired) electrons. The number of anilines is 2. The fourth-order valence-electron chi connectivity index (χ4n) is 6.62. The third-order valence-corrected chi connectivity index (χ3v) is 8.25. The zero-order chi connectivity index (χ0) is 25.8. The highest BCUT2D eigenvalue weighted by Crippen LogP contribution is 2.50. The zero-order valence-corrected chi connectivity index (χ0v) is 20.1. The van der Waals surface area contributed by atoms with Gasteiger partial charge in [-0.25, -0.2) is 14.0 Å². The number of carbonyl (C=O) groups excluding carboxylic acids is 4. The lowest BCUT2D eigenvalue weighted by molar-refractivity contribution is -0.153. The monoisotopic (exact) mass is 513 g/mol. The van der Waals surface area contributed by atoms with Crippen LogP contribution in [-0.4, -0.2) is 66.5 Å². The topological polar surface area (TPSA) is 143 Å². The number of morpholine rings is 1. The largest absolute Gasteiger partial charge is 0.447 e. The molecule has 1 unspecified atom stereocenters. The van der Waals surface area contributed by atoms with Crippen molar-refractivity contribution < 1.29 is 37.6 Å². The van der Waals surface area contributed by atoms with E-state index in [9.17, 15) is 19.2 Å². The van der Waals surface area contributed by atoms with E-state index < -0.39 is 47.3 Å². The van der Waals surface area contributed by atoms with Crippen LogP contribution in [0.3, 0.4) is 0 Å². The van der Waals surface area contributed by atoms with Gasteiger partial charge < -0.3 is 18.9 Å². The van der Waals surface area contributed by atoms with E-state index >= 15 is 4.39 Å². The van der Waals surface area contributed by atoms with Gasteiger partial charge in [-0.1, -0.05) is 5.16 Å². The summed E-state index contributed by atoms with van der Waals surface area (Å²) in [5.74, 6) is -1.82. The molecule has 4 atom stereocenters. The molecular formula is C24H24FN5O7. The number of fused-ring (bicyclic) bond motifs is 5. The number of nitrogens with one attached hydrogen (secondary N) is 2. The summed E-state index contributed by atoms with van der Waals surface area (Å²) >= 11 is 0. The summed E-state index contributed by atoms with van der Waals surface area (Å²) in [5, 5.41) is 8.74. The van der Waals surface area contributed by atoms with Crippen LogP contribution in [0.25, 0.3) is 11.0 Å². The summed E-state index contributed by atoms with van der Waals surface area (Å²) in [6.07, 6.45) is 0.173. The standard InChI is InChI=1S/C24H24FN5O7/c1-9-7-29-16-12(6-24(18(29)10(2)36-9)20(31)26-22(33)27-21(24)32)5-13-17(15(16)25)37-28-19(13)30-14(11-3-4-11)8-35-23(30)34/h5,9-11,14,18H,3-4,6-8H2,1-2H3,(H2,26,27,31,32,33)/t9-,10+,14?,18-/m1/s1. The Bertz CT molecular complexity index is 1380. The van der Waals surface area contributed by atoms with Crippen molar-refractivity contribution >= 4 is 46.4 Å². The normalized spacial score (nSPS) is 30.8. The van der Waals surface area contributed by atoms with Crippen molar-refractivity contribution in [3.05, 3.63) is 17.4 Å². The molecule has 1 aromatic heterocycles. The number of urea groups is 1. The number of carbonyl (C=O) groups is 4. The van der Waals surface area contributed by atoms with Crippen molar-refractivity contribution in [3.8, 4) is 0 Å². The number of rotatable bonds is 2. The van der Waals surface area contributed by atoms with Crippen molar-refractivity contribution in [2.75, 3.05) is 23.0 Å². The van der Waals surface area contributed by atoms with E-state index in [0.29, 0.717) is 5.56 Å². The highest BCUT2D eigenvalue weighted by molar-refractivity contribution is 6.20. The maximum Gasteiger partial charge on any atom is 0.416 e. The molecule has 37 heavy (non-hydrogen) atoms. The first kappa shape index (κ1) is 22.5. The number of halogens is 1. The number of nitrogens with zero attached hydrogens (tertiary/aromatic N) is 3. The van der Waals surface area contributed by atoms with Gasteiger partial charge in [0.05, 0.1) is 35.4 Å². The number of barbiturate groups is 1. The molecule has 1 saturated carbocycles. The fourth-order valence-corrected chi connectivity index (χ4v) is 6.62.